The molecule has 3 aromatic carbocycles. The largest absolute Gasteiger partial charge is 0.508 e. The van der Waals surface area contributed by atoms with Gasteiger partial charge in [0, 0.05) is 32.0 Å². The van der Waals surface area contributed by atoms with Crippen molar-refractivity contribution in [1.82, 2.24) is 4.90 Å². The molecule has 6 nitrogen and oxygen atoms in total. The van der Waals surface area contributed by atoms with Crippen LogP contribution in [-0.4, -0.2) is 41.5 Å². The number of hydrogen-bond donors (Lipinski definition) is 3. The van der Waals surface area contributed by atoms with E-state index in [9.17, 15) is 9.90 Å². The highest BCUT2D eigenvalue weighted by atomic mass is 16.3. The number of aliphatic imine (C=N–C) groups is 1. The van der Waals surface area contributed by atoms with Gasteiger partial charge in [-0.1, -0.05) is 72.8 Å². The van der Waals surface area contributed by atoms with E-state index in [2.05, 4.69) is 29.3 Å². The lowest BCUT2D eigenvalue weighted by Gasteiger charge is -2.29. The van der Waals surface area contributed by atoms with Crippen LogP contribution in [0, 0.1) is 0 Å². The molecule has 0 fully saturated rings. The molecule has 0 bridgehead atoms. The van der Waals surface area contributed by atoms with Gasteiger partial charge in [-0.15, -0.1) is 0 Å². The number of carbonyl (C=O) groups excluding carboxylic acids is 1. The number of rotatable bonds is 12. The summed E-state index contributed by atoms with van der Waals surface area (Å²) in [5, 5.41) is 9.58. The van der Waals surface area contributed by atoms with Crippen molar-refractivity contribution >= 4 is 11.9 Å². The van der Waals surface area contributed by atoms with Gasteiger partial charge in [-0.25, -0.2) is 0 Å². The highest BCUT2D eigenvalue weighted by Crippen LogP contribution is 2.26. The van der Waals surface area contributed by atoms with Gasteiger partial charge >= 0.3 is 0 Å². The molecule has 0 spiro atoms. The Morgan fingerprint density at radius 1 is 0.853 bits per heavy atom. The van der Waals surface area contributed by atoms with Crippen molar-refractivity contribution in [3.63, 3.8) is 0 Å². The van der Waals surface area contributed by atoms with Crippen LogP contribution < -0.4 is 11.5 Å². The van der Waals surface area contributed by atoms with Crippen molar-refractivity contribution in [3.05, 3.63) is 102 Å². The molecule has 34 heavy (non-hydrogen) atoms. The smallest absolute Gasteiger partial charge is 0.222 e. The Bertz CT molecular complexity index is 994. The summed E-state index contributed by atoms with van der Waals surface area (Å²) >= 11 is 0. The number of phenols is 1. The quantitative estimate of drug-likeness (QED) is 0.216. The zero-order chi connectivity index (χ0) is 24.2. The van der Waals surface area contributed by atoms with E-state index in [4.69, 9.17) is 11.5 Å². The van der Waals surface area contributed by atoms with E-state index in [0.29, 0.717) is 26.1 Å². The Hall–Kier alpha value is -3.80. The van der Waals surface area contributed by atoms with Gasteiger partial charge in [0.05, 0.1) is 0 Å². The predicted molar refractivity (Wildman–Crippen MR) is 138 cm³/mol. The van der Waals surface area contributed by atoms with E-state index in [0.717, 1.165) is 24.8 Å². The Kier molecular flexibility index (Phi) is 9.52. The number of phenolic OH excluding ortho intramolecular Hbond substituents is 1. The lowest BCUT2D eigenvalue weighted by Crippen LogP contribution is -2.36. The molecule has 0 aromatic heterocycles. The molecule has 0 unspecified atom stereocenters. The Morgan fingerprint density at radius 2 is 1.44 bits per heavy atom. The van der Waals surface area contributed by atoms with Gasteiger partial charge < -0.3 is 21.5 Å². The number of amides is 1. The van der Waals surface area contributed by atoms with Gasteiger partial charge in [0.25, 0.3) is 0 Å². The first kappa shape index (κ1) is 24.8. The standard InChI is InChI=1S/C28H34N4O2/c29-28(30)31-19-8-7-13-27(34)32(20-18-22-14-16-25(33)17-15-22)21-26(23-9-3-1-4-10-23)24-11-5-2-6-12-24/h1-6,9-12,14-17,26,33H,7-8,13,18-21H2,(H4,29,30,31). The first-order valence-electron chi connectivity index (χ1n) is 11.7. The topological polar surface area (TPSA) is 105 Å². The zero-order valence-electron chi connectivity index (χ0n) is 19.5. The van der Waals surface area contributed by atoms with Crippen LogP contribution in [0.15, 0.2) is 89.9 Å². The van der Waals surface area contributed by atoms with Crippen molar-refractivity contribution in [1.29, 1.82) is 0 Å². The second-order valence-electron chi connectivity index (χ2n) is 8.39. The number of guanidine groups is 1. The molecule has 0 aliphatic heterocycles. The lowest BCUT2D eigenvalue weighted by molar-refractivity contribution is -0.131. The summed E-state index contributed by atoms with van der Waals surface area (Å²) in [6.07, 6.45) is 2.66. The number of aromatic hydroxyl groups is 1. The minimum atomic E-state index is 0.0767. The van der Waals surface area contributed by atoms with Crippen molar-refractivity contribution in [2.45, 2.75) is 31.6 Å². The first-order chi connectivity index (χ1) is 16.5. The van der Waals surface area contributed by atoms with E-state index in [1.807, 2.05) is 53.4 Å². The van der Waals surface area contributed by atoms with Crippen molar-refractivity contribution < 1.29 is 9.90 Å². The molecule has 178 valence electrons. The van der Waals surface area contributed by atoms with Crippen molar-refractivity contribution in [2.75, 3.05) is 19.6 Å². The minimum Gasteiger partial charge on any atom is -0.508 e. The summed E-state index contributed by atoms with van der Waals surface area (Å²) in [5.74, 6) is 0.522. The fourth-order valence-corrected chi connectivity index (χ4v) is 3.99. The van der Waals surface area contributed by atoms with Crippen molar-refractivity contribution in [2.24, 2.45) is 16.5 Å². The molecular formula is C28H34N4O2. The molecule has 0 aliphatic rings. The molecular weight excluding hydrogens is 424 g/mol. The summed E-state index contributed by atoms with van der Waals surface area (Å²) in [5.41, 5.74) is 14.2. The maximum atomic E-state index is 13.3. The average Bonchev–Trinajstić information content (AvgIpc) is 2.86. The summed E-state index contributed by atoms with van der Waals surface area (Å²) < 4.78 is 0. The highest BCUT2D eigenvalue weighted by Gasteiger charge is 2.21. The van der Waals surface area contributed by atoms with Gasteiger partial charge in [-0.05, 0) is 48.1 Å². The SMILES string of the molecule is NC(N)=NCCCCC(=O)N(CCc1ccc(O)cc1)CC(c1ccccc1)c1ccccc1. The maximum Gasteiger partial charge on any atom is 0.222 e. The lowest BCUT2D eigenvalue weighted by atomic mass is 9.90. The van der Waals surface area contributed by atoms with Gasteiger partial charge in [0.1, 0.15) is 5.75 Å². The maximum absolute atomic E-state index is 13.3. The van der Waals surface area contributed by atoms with Gasteiger partial charge in [0.15, 0.2) is 5.96 Å². The summed E-state index contributed by atoms with van der Waals surface area (Å²) in [6.45, 7) is 1.73. The van der Waals surface area contributed by atoms with Crippen LogP contribution in [0.2, 0.25) is 0 Å². The van der Waals surface area contributed by atoms with E-state index < -0.39 is 0 Å². The minimum absolute atomic E-state index is 0.0767. The van der Waals surface area contributed by atoms with Crippen LogP contribution in [0.4, 0.5) is 0 Å². The summed E-state index contributed by atoms with van der Waals surface area (Å²) in [6, 6.07) is 27.8. The normalized spacial score (nSPS) is 10.7. The second kappa shape index (κ2) is 13.0. The third-order valence-corrected chi connectivity index (χ3v) is 5.86. The Labute approximate surface area is 201 Å². The molecule has 0 radical (unpaired) electrons. The van der Waals surface area contributed by atoms with Gasteiger partial charge in [-0.3, -0.25) is 9.79 Å². The number of hydrogen-bond acceptors (Lipinski definition) is 3. The molecule has 3 rings (SSSR count). The van der Waals surface area contributed by atoms with E-state index in [-0.39, 0.29) is 23.5 Å². The fraction of sp³-hybridized carbons (Fsp3) is 0.286. The molecule has 0 aliphatic carbocycles. The van der Waals surface area contributed by atoms with E-state index in [1.165, 1.54) is 11.1 Å². The fourth-order valence-electron chi connectivity index (χ4n) is 3.99. The number of benzene rings is 3. The summed E-state index contributed by atoms with van der Waals surface area (Å²) in [7, 11) is 0. The number of nitrogens with zero attached hydrogens (tertiary/aromatic N) is 2. The molecule has 5 N–H and O–H groups in total. The molecule has 3 aromatic rings. The summed E-state index contributed by atoms with van der Waals surface area (Å²) in [4.78, 5) is 19.3. The number of unbranched alkanes of at least 4 members (excludes halogenated alkanes) is 1. The van der Waals surface area contributed by atoms with Gasteiger partial charge in [0.2, 0.25) is 5.91 Å². The number of nitrogens with two attached hydrogens (primary N) is 2. The third kappa shape index (κ3) is 7.96. The molecule has 0 atom stereocenters. The van der Waals surface area contributed by atoms with Crippen LogP contribution in [0.1, 0.15) is 41.9 Å². The first-order valence-corrected chi connectivity index (χ1v) is 11.7. The predicted octanol–water partition coefficient (Wildman–Crippen LogP) is 4.04. The van der Waals surface area contributed by atoms with Crippen molar-refractivity contribution in [3.8, 4) is 5.75 Å². The Balaban J connectivity index is 1.76. The molecule has 0 saturated carbocycles. The van der Waals surface area contributed by atoms with Gasteiger partial charge in [-0.2, -0.15) is 0 Å². The molecule has 0 saturated heterocycles. The molecule has 6 heteroatoms. The Morgan fingerprint density at radius 3 is 2.00 bits per heavy atom. The number of carbonyl (C=O) groups is 1. The molecule has 1 amide bonds. The van der Waals surface area contributed by atoms with Crippen LogP contribution in [0.25, 0.3) is 0 Å². The van der Waals surface area contributed by atoms with E-state index in [1.54, 1.807) is 12.1 Å². The second-order valence-corrected chi connectivity index (χ2v) is 8.39. The average molecular weight is 459 g/mol. The van der Waals surface area contributed by atoms with Crippen LogP contribution in [0.3, 0.4) is 0 Å². The third-order valence-electron chi connectivity index (χ3n) is 5.86. The monoisotopic (exact) mass is 458 g/mol. The highest BCUT2D eigenvalue weighted by molar-refractivity contribution is 5.76. The van der Waals surface area contributed by atoms with E-state index >= 15 is 0 Å². The molecule has 0 heterocycles. The van der Waals surface area contributed by atoms with Crippen LogP contribution in [0.5, 0.6) is 5.75 Å². The zero-order valence-corrected chi connectivity index (χ0v) is 19.5. The van der Waals surface area contributed by atoms with Crippen LogP contribution >= 0.6 is 0 Å². The van der Waals surface area contributed by atoms with Crippen LogP contribution in [-0.2, 0) is 11.2 Å².